The van der Waals surface area contributed by atoms with Gasteiger partial charge in [-0.3, -0.25) is 0 Å². The summed E-state index contributed by atoms with van der Waals surface area (Å²) in [6.45, 7) is 2.14. The zero-order chi connectivity index (χ0) is 11.3. The highest BCUT2D eigenvalue weighted by Gasteiger charge is 2.37. The summed E-state index contributed by atoms with van der Waals surface area (Å²) in [6.07, 6.45) is -0.662. The van der Waals surface area contributed by atoms with E-state index in [0.717, 1.165) is 5.56 Å². The van der Waals surface area contributed by atoms with Gasteiger partial charge in [-0.2, -0.15) is 4.79 Å². The van der Waals surface area contributed by atoms with Crippen LogP contribution in [0.15, 0.2) is 30.3 Å². The van der Waals surface area contributed by atoms with Crippen molar-refractivity contribution in [3.05, 3.63) is 35.9 Å². The number of amides is 1. The lowest BCUT2D eigenvalue weighted by Crippen LogP contribution is -2.34. The molecular formula is C10H12Cl2NO2+. The molecule has 0 unspecified atom stereocenters. The van der Waals surface area contributed by atoms with Gasteiger partial charge in [0.25, 0.3) is 0 Å². The van der Waals surface area contributed by atoms with Crippen LogP contribution in [0.3, 0.4) is 0 Å². The highest BCUT2D eigenvalue weighted by Crippen LogP contribution is 2.24. The van der Waals surface area contributed by atoms with Crippen LogP contribution < -0.4 is 0 Å². The van der Waals surface area contributed by atoms with Crippen LogP contribution in [0.25, 0.3) is 0 Å². The molecule has 0 aliphatic heterocycles. The monoisotopic (exact) mass is 248 g/mol. The van der Waals surface area contributed by atoms with Crippen LogP contribution in [0.5, 0.6) is 0 Å². The van der Waals surface area contributed by atoms with Gasteiger partial charge in [0.1, 0.15) is 0 Å². The molecule has 15 heavy (non-hydrogen) atoms. The Hall–Kier alpha value is -0.770. The predicted octanol–water partition coefficient (Wildman–Crippen LogP) is 3.47. The van der Waals surface area contributed by atoms with E-state index in [2.05, 4.69) is 0 Å². The van der Waals surface area contributed by atoms with Crippen LogP contribution in [0.4, 0.5) is 4.79 Å². The van der Waals surface area contributed by atoms with Crippen molar-refractivity contribution in [2.45, 2.75) is 13.5 Å². The minimum absolute atomic E-state index is 0.183. The Morgan fingerprint density at radius 3 is 2.47 bits per heavy atom. The number of hydrogen-bond acceptors (Lipinski definition) is 2. The van der Waals surface area contributed by atoms with E-state index in [1.54, 1.807) is 6.92 Å². The molecule has 1 aromatic rings. The zero-order valence-electron chi connectivity index (χ0n) is 8.32. The quantitative estimate of drug-likeness (QED) is 0.766. The third kappa shape index (κ3) is 3.70. The Balaban J connectivity index is 2.68. The third-order valence-electron chi connectivity index (χ3n) is 1.76. The second-order valence-electron chi connectivity index (χ2n) is 2.97. The molecule has 1 aromatic carbocycles. The SMILES string of the molecule is CCOC(=O)[N+](Cl)(Cl)Cc1ccccc1. The molecule has 0 atom stereocenters. The second kappa shape index (κ2) is 5.35. The number of benzene rings is 1. The summed E-state index contributed by atoms with van der Waals surface area (Å²) >= 11 is 11.7. The van der Waals surface area contributed by atoms with Gasteiger partial charge in [0.2, 0.25) is 0 Å². The summed E-state index contributed by atoms with van der Waals surface area (Å²) in [5.74, 6) is 0. The molecule has 0 aromatic heterocycles. The van der Waals surface area contributed by atoms with Crippen molar-refractivity contribution < 1.29 is 13.1 Å². The number of quaternary nitrogens is 1. The summed E-state index contributed by atoms with van der Waals surface area (Å²) in [6, 6.07) is 9.28. The first-order chi connectivity index (χ1) is 7.06. The fraction of sp³-hybridized carbons (Fsp3) is 0.300. The van der Waals surface area contributed by atoms with Crippen LogP contribution in [-0.2, 0) is 11.3 Å². The number of halogens is 2. The maximum atomic E-state index is 11.4. The van der Waals surface area contributed by atoms with Gasteiger partial charge in [-0.25, -0.2) is 0 Å². The van der Waals surface area contributed by atoms with Crippen molar-refractivity contribution in [3.63, 3.8) is 0 Å². The van der Waals surface area contributed by atoms with Crippen LogP contribution in [-0.4, -0.2) is 16.2 Å². The summed E-state index contributed by atoms with van der Waals surface area (Å²) in [5.41, 5.74) is 0.871. The van der Waals surface area contributed by atoms with Crippen molar-refractivity contribution in [3.8, 4) is 0 Å². The largest absolute Gasteiger partial charge is 0.553 e. The van der Waals surface area contributed by atoms with Gasteiger partial charge in [-0.15, -0.1) is 0 Å². The molecule has 0 bridgehead atoms. The molecular weight excluding hydrogens is 237 g/mol. The lowest BCUT2D eigenvalue weighted by Gasteiger charge is -2.15. The van der Waals surface area contributed by atoms with E-state index in [4.69, 9.17) is 28.3 Å². The van der Waals surface area contributed by atoms with Gasteiger partial charge in [0.15, 0.2) is 30.1 Å². The zero-order valence-corrected chi connectivity index (χ0v) is 9.83. The highest BCUT2D eigenvalue weighted by molar-refractivity contribution is 6.28. The Bertz CT molecular complexity index is 327. The number of carbonyl (C=O) groups is 1. The molecule has 0 spiro atoms. The fourth-order valence-corrected chi connectivity index (χ4v) is 1.47. The van der Waals surface area contributed by atoms with E-state index in [1.165, 1.54) is 0 Å². The van der Waals surface area contributed by atoms with Crippen LogP contribution in [0, 0.1) is 0 Å². The summed E-state index contributed by atoms with van der Waals surface area (Å²) in [5, 5.41) is 0. The Kier molecular flexibility index (Phi) is 4.39. The molecule has 1 amide bonds. The summed E-state index contributed by atoms with van der Waals surface area (Å²) in [4.78, 5) is 11.4. The second-order valence-corrected chi connectivity index (χ2v) is 4.30. The van der Waals surface area contributed by atoms with E-state index >= 15 is 0 Å². The first-order valence-corrected chi connectivity index (χ1v) is 5.22. The molecule has 0 aliphatic carbocycles. The number of nitrogens with zero attached hydrogens (tertiary/aromatic N) is 1. The van der Waals surface area contributed by atoms with E-state index in [-0.39, 0.29) is 13.2 Å². The standard InChI is InChI=1S/C10H12Cl2NO2/c1-2-15-10(14)13(11,12)8-9-6-4-3-5-7-9/h3-7H,2,8H2,1H3/q+1. The van der Waals surface area contributed by atoms with Crippen molar-refractivity contribution in [1.82, 2.24) is 0 Å². The molecule has 5 heteroatoms. The number of ether oxygens (including phenoxy) is 1. The van der Waals surface area contributed by atoms with Gasteiger partial charge in [0, 0.05) is 5.56 Å². The summed E-state index contributed by atoms with van der Waals surface area (Å²) in [7, 11) is 0. The van der Waals surface area contributed by atoms with Crippen molar-refractivity contribution in [2.75, 3.05) is 6.61 Å². The molecule has 82 valence electrons. The molecule has 0 saturated carbocycles. The highest BCUT2D eigenvalue weighted by atomic mass is 35.5. The number of carbonyl (C=O) groups excluding carboxylic acids is 1. The molecule has 0 saturated heterocycles. The Morgan fingerprint density at radius 2 is 1.93 bits per heavy atom. The van der Waals surface area contributed by atoms with E-state index in [9.17, 15) is 4.79 Å². The Labute approximate surface area is 99.0 Å². The van der Waals surface area contributed by atoms with Gasteiger partial charge >= 0.3 is 6.09 Å². The third-order valence-corrected chi connectivity index (χ3v) is 2.27. The molecule has 0 N–H and O–H groups in total. The number of hydrogen-bond donors (Lipinski definition) is 0. The lowest BCUT2D eigenvalue weighted by atomic mass is 10.2. The minimum atomic E-state index is -0.835. The first-order valence-electron chi connectivity index (χ1n) is 4.55. The number of rotatable bonds is 3. The van der Waals surface area contributed by atoms with Gasteiger partial charge in [0.05, 0.1) is 6.61 Å². The molecule has 0 fully saturated rings. The normalized spacial score (nSPS) is 11.1. The van der Waals surface area contributed by atoms with Gasteiger partial charge in [-0.05, 0) is 10.4 Å². The van der Waals surface area contributed by atoms with Crippen LogP contribution in [0.1, 0.15) is 12.5 Å². The molecule has 3 nitrogen and oxygen atoms in total. The summed E-state index contributed by atoms with van der Waals surface area (Å²) < 4.78 is 3.91. The first kappa shape index (κ1) is 12.3. The average Bonchev–Trinajstić information content (AvgIpc) is 2.19. The van der Waals surface area contributed by atoms with Crippen molar-refractivity contribution >= 4 is 29.6 Å². The van der Waals surface area contributed by atoms with E-state index < -0.39 is 9.61 Å². The maximum Gasteiger partial charge on any atom is 0.553 e. The van der Waals surface area contributed by atoms with Crippen LogP contribution in [0.2, 0.25) is 0 Å². The van der Waals surface area contributed by atoms with Crippen molar-refractivity contribution in [1.29, 1.82) is 0 Å². The topological polar surface area (TPSA) is 26.3 Å². The van der Waals surface area contributed by atoms with Gasteiger partial charge < -0.3 is 4.74 Å². The van der Waals surface area contributed by atoms with E-state index in [1.807, 2.05) is 30.3 Å². The smallest absolute Gasteiger partial charge is 0.418 e. The minimum Gasteiger partial charge on any atom is -0.418 e. The van der Waals surface area contributed by atoms with Crippen LogP contribution >= 0.6 is 23.6 Å². The van der Waals surface area contributed by atoms with Gasteiger partial charge in [-0.1, -0.05) is 30.3 Å². The molecule has 0 heterocycles. The van der Waals surface area contributed by atoms with Crippen molar-refractivity contribution in [2.24, 2.45) is 0 Å². The molecule has 0 aliphatic rings. The Morgan fingerprint density at radius 1 is 1.33 bits per heavy atom. The fourth-order valence-electron chi connectivity index (χ4n) is 1.10. The average molecular weight is 249 g/mol. The van der Waals surface area contributed by atoms with E-state index in [0.29, 0.717) is 0 Å². The molecule has 1 rings (SSSR count). The predicted molar refractivity (Wildman–Crippen MR) is 59.1 cm³/mol. The maximum absolute atomic E-state index is 11.4. The lowest BCUT2D eigenvalue weighted by molar-refractivity contribution is -0.625. The molecule has 0 radical (unpaired) electrons.